The highest BCUT2D eigenvalue weighted by Gasteiger charge is 2.22. The first-order valence-corrected chi connectivity index (χ1v) is 10.7. The first-order valence-electron chi connectivity index (χ1n) is 9.90. The molecular formula is C21H20N6O2S. The van der Waals surface area contributed by atoms with Crippen LogP contribution < -0.4 is 10.9 Å². The highest BCUT2D eigenvalue weighted by molar-refractivity contribution is 7.20. The lowest BCUT2D eigenvalue weighted by Gasteiger charge is -2.08. The van der Waals surface area contributed by atoms with Gasteiger partial charge in [0.15, 0.2) is 0 Å². The van der Waals surface area contributed by atoms with Crippen LogP contribution in [-0.4, -0.2) is 30.0 Å². The molecule has 4 aromatic rings. The van der Waals surface area contributed by atoms with Crippen LogP contribution in [0, 0.1) is 6.92 Å². The van der Waals surface area contributed by atoms with Gasteiger partial charge in [0.05, 0.1) is 22.1 Å². The minimum Gasteiger partial charge on any atom is -0.320 e. The van der Waals surface area contributed by atoms with Gasteiger partial charge in [-0.05, 0) is 37.5 Å². The number of amides is 1. The van der Waals surface area contributed by atoms with Crippen molar-refractivity contribution in [1.29, 1.82) is 0 Å². The molecule has 5 heterocycles. The normalized spacial score (nSPS) is 13.8. The van der Waals surface area contributed by atoms with Crippen molar-refractivity contribution in [2.75, 3.05) is 5.32 Å². The van der Waals surface area contributed by atoms with Gasteiger partial charge in [0.2, 0.25) is 0 Å². The molecule has 152 valence electrons. The second-order valence-electron chi connectivity index (χ2n) is 7.36. The quantitative estimate of drug-likeness (QED) is 0.549. The number of carbonyl (C=O) groups excluding carboxylic acids is 1. The van der Waals surface area contributed by atoms with Gasteiger partial charge in [0.25, 0.3) is 11.5 Å². The van der Waals surface area contributed by atoms with Crippen LogP contribution in [0.25, 0.3) is 16.0 Å². The van der Waals surface area contributed by atoms with Crippen molar-refractivity contribution in [3.05, 3.63) is 63.7 Å². The number of fused-ring (bicyclic) bond motifs is 2. The fourth-order valence-corrected chi connectivity index (χ4v) is 4.91. The molecule has 8 nitrogen and oxygen atoms in total. The van der Waals surface area contributed by atoms with Crippen LogP contribution in [0.1, 0.15) is 40.3 Å². The van der Waals surface area contributed by atoms with E-state index in [1.807, 2.05) is 6.92 Å². The Morgan fingerprint density at radius 3 is 2.90 bits per heavy atom. The van der Waals surface area contributed by atoms with Crippen LogP contribution >= 0.6 is 11.3 Å². The van der Waals surface area contributed by atoms with Crippen molar-refractivity contribution >= 4 is 33.1 Å². The molecule has 0 saturated heterocycles. The number of hydrogen-bond donors (Lipinski definition) is 1. The number of anilines is 1. The topological polar surface area (TPSA) is 94.7 Å². The first-order chi connectivity index (χ1) is 14.6. The van der Waals surface area contributed by atoms with Gasteiger partial charge in [-0.3, -0.25) is 18.7 Å². The molecule has 0 bridgehead atoms. The summed E-state index contributed by atoms with van der Waals surface area (Å²) in [7, 11) is 0. The number of aryl methyl sites for hydroxylation is 2. The lowest BCUT2D eigenvalue weighted by molar-refractivity contribution is 0.103. The first kappa shape index (κ1) is 18.7. The van der Waals surface area contributed by atoms with E-state index in [1.165, 1.54) is 11.3 Å². The van der Waals surface area contributed by atoms with Crippen LogP contribution in [-0.2, 0) is 13.0 Å². The maximum absolute atomic E-state index is 13.1. The van der Waals surface area contributed by atoms with E-state index in [-0.39, 0.29) is 11.5 Å². The van der Waals surface area contributed by atoms with Crippen molar-refractivity contribution in [2.45, 2.75) is 39.2 Å². The molecule has 0 fully saturated rings. The molecule has 1 aliphatic heterocycles. The zero-order valence-electron chi connectivity index (χ0n) is 16.5. The van der Waals surface area contributed by atoms with Crippen LogP contribution in [0.15, 0.2) is 41.8 Å². The minimum absolute atomic E-state index is 0.0314. The summed E-state index contributed by atoms with van der Waals surface area (Å²) in [4.78, 5) is 40.2. The number of hydrogen-bond acceptors (Lipinski definition) is 6. The SMILES string of the molecule is Cc1c(C(=O)Nc2ccc(-n3ccnc3)nc2)sc2nc3n(c(=O)c12)CCCCC3. The Morgan fingerprint density at radius 1 is 1.23 bits per heavy atom. The maximum Gasteiger partial charge on any atom is 0.266 e. The highest BCUT2D eigenvalue weighted by Crippen LogP contribution is 2.29. The van der Waals surface area contributed by atoms with Crippen molar-refractivity contribution in [2.24, 2.45) is 0 Å². The van der Waals surface area contributed by atoms with Crippen LogP contribution in [0.4, 0.5) is 5.69 Å². The monoisotopic (exact) mass is 420 g/mol. The maximum atomic E-state index is 13.1. The second-order valence-corrected chi connectivity index (χ2v) is 8.36. The molecule has 4 aromatic heterocycles. The Kier molecular flexibility index (Phi) is 4.66. The van der Waals surface area contributed by atoms with Gasteiger partial charge in [-0.2, -0.15) is 0 Å². The Bertz CT molecular complexity index is 1290. The number of pyridine rings is 1. The van der Waals surface area contributed by atoms with Crippen LogP contribution in [0.2, 0.25) is 0 Å². The average molecular weight is 420 g/mol. The third kappa shape index (κ3) is 3.21. The summed E-state index contributed by atoms with van der Waals surface area (Å²) >= 11 is 1.28. The number of aromatic nitrogens is 5. The summed E-state index contributed by atoms with van der Waals surface area (Å²) in [5, 5.41) is 3.44. The Hall–Kier alpha value is -3.33. The Balaban J connectivity index is 1.46. The van der Waals surface area contributed by atoms with E-state index in [0.717, 1.165) is 31.5 Å². The second kappa shape index (κ2) is 7.49. The lowest BCUT2D eigenvalue weighted by atomic mass is 10.2. The smallest absolute Gasteiger partial charge is 0.266 e. The predicted molar refractivity (Wildman–Crippen MR) is 115 cm³/mol. The largest absolute Gasteiger partial charge is 0.320 e. The molecule has 9 heteroatoms. The average Bonchev–Trinajstić information content (AvgIpc) is 3.32. The standard InChI is InChI=1S/C21H20N6O2S/c1-13-17-20(25-16-5-3-2-4-9-27(16)21(17)29)30-18(13)19(28)24-14-6-7-15(23-11-14)26-10-8-22-12-26/h6-8,10-12H,2-5,9H2,1H3,(H,24,28). The van der Waals surface area contributed by atoms with Gasteiger partial charge in [-0.25, -0.2) is 15.0 Å². The molecule has 30 heavy (non-hydrogen) atoms. The number of thiophene rings is 1. The van der Waals surface area contributed by atoms with E-state index in [0.29, 0.717) is 38.7 Å². The third-order valence-electron chi connectivity index (χ3n) is 5.39. The van der Waals surface area contributed by atoms with Gasteiger partial charge in [0, 0.05) is 25.4 Å². The zero-order valence-corrected chi connectivity index (χ0v) is 17.3. The molecule has 1 amide bonds. The highest BCUT2D eigenvalue weighted by atomic mass is 32.1. The molecule has 0 aromatic carbocycles. The summed E-state index contributed by atoms with van der Waals surface area (Å²) in [6.45, 7) is 2.52. The third-order valence-corrected chi connectivity index (χ3v) is 6.58. The van der Waals surface area contributed by atoms with E-state index in [4.69, 9.17) is 4.98 Å². The minimum atomic E-state index is -0.257. The van der Waals surface area contributed by atoms with Gasteiger partial charge in [0.1, 0.15) is 22.8 Å². The van der Waals surface area contributed by atoms with Crippen LogP contribution in [0.3, 0.4) is 0 Å². The molecule has 0 aliphatic carbocycles. The lowest BCUT2D eigenvalue weighted by Crippen LogP contribution is -2.24. The molecule has 0 saturated carbocycles. The summed E-state index contributed by atoms with van der Waals surface area (Å²) in [5.41, 5.74) is 1.24. The molecule has 0 unspecified atom stereocenters. The molecule has 0 atom stereocenters. The zero-order chi connectivity index (χ0) is 20.7. The number of nitrogens with zero attached hydrogens (tertiary/aromatic N) is 5. The summed E-state index contributed by atoms with van der Waals surface area (Å²) in [5.74, 6) is 1.28. The van der Waals surface area contributed by atoms with Gasteiger partial charge >= 0.3 is 0 Å². The number of carbonyl (C=O) groups is 1. The fourth-order valence-electron chi connectivity index (χ4n) is 3.82. The van der Waals surface area contributed by atoms with Crippen molar-refractivity contribution in [3.63, 3.8) is 0 Å². The predicted octanol–water partition coefficient (Wildman–Crippen LogP) is 3.33. The number of rotatable bonds is 3. The summed E-state index contributed by atoms with van der Waals surface area (Å²) < 4.78 is 3.57. The van der Waals surface area contributed by atoms with E-state index in [1.54, 1.807) is 46.2 Å². The molecule has 5 rings (SSSR count). The van der Waals surface area contributed by atoms with Gasteiger partial charge < -0.3 is 5.32 Å². The van der Waals surface area contributed by atoms with E-state index in [9.17, 15) is 9.59 Å². The molecular weight excluding hydrogens is 400 g/mol. The Labute approximate surface area is 176 Å². The number of imidazole rings is 1. The Morgan fingerprint density at radius 2 is 2.13 bits per heavy atom. The summed E-state index contributed by atoms with van der Waals surface area (Å²) in [6, 6.07) is 3.60. The van der Waals surface area contributed by atoms with Crippen molar-refractivity contribution < 1.29 is 4.79 Å². The summed E-state index contributed by atoms with van der Waals surface area (Å²) in [6.07, 6.45) is 10.7. The van der Waals surface area contributed by atoms with Crippen molar-refractivity contribution in [1.82, 2.24) is 24.1 Å². The molecule has 1 N–H and O–H groups in total. The van der Waals surface area contributed by atoms with Gasteiger partial charge in [-0.1, -0.05) is 6.42 Å². The molecule has 0 spiro atoms. The van der Waals surface area contributed by atoms with Gasteiger partial charge in [-0.15, -0.1) is 11.3 Å². The molecule has 0 radical (unpaired) electrons. The van der Waals surface area contributed by atoms with E-state index < -0.39 is 0 Å². The van der Waals surface area contributed by atoms with E-state index in [2.05, 4.69) is 15.3 Å². The molecule has 1 aliphatic rings. The van der Waals surface area contributed by atoms with E-state index >= 15 is 0 Å². The fraction of sp³-hybridized carbons (Fsp3) is 0.286. The number of nitrogens with one attached hydrogen (secondary N) is 1. The van der Waals surface area contributed by atoms with Crippen LogP contribution in [0.5, 0.6) is 0 Å². The van der Waals surface area contributed by atoms with Crippen molar-refractivity contribution in [3.8, 4) is 5.82 Å².